The molecule has 0 atom stereocenters. The van der Waals surface area contributed by atoms with Gasteiger partial charge in [-0.05, 0) is 43.3 Å². The fraction of sp³-hybridized carbons (Fsp3) is 0.278. The monoisotopic (exact) mass is 441 g/mol. The van der Waals surface area contributed by atoms with Crippen molar-refractivity contribution in [2.24, 2.45) is 10.7 Å². The van der Waals surface area contributed by atoms with Crippen LogP contribution in [0.15, 0.2) is 53.5 Å². The van der Waals surface area contributed by atoms with Crippen LogP contribution in [0.4, 0.5) is 5.69 Å². The Labute approximate surface area is 160 Å². The maximum Gasteiger partial charge on any atom is 0.193 e. The number of methoxy groups -OCH3 is 1. The van der Waals surface area contributed by atoms with Gasteiger partial charge in [0, 0.05) is 18.7 Å². The van der Waals surface area contributed by atoms with Gasteiger partial charge in [0.25, 0.3) is 0 Å². The van der Waals surface area contributed by atoms with E-state index in [1.807, 2.05) is 55.5 Å². The van der Waals surface area contributed by atoms with E-state index < -0.39 is 0 Å². The third-order valence-corrected chi connectivity index (χ3v) is 3.24. The van der Waals surface area contributed by atoms with Gasteiger partial charge < -0.3 is 20.5 Å². The van der Waals surface area contributed by atoms with Crippen LogP contribution in [0.5, 0.6) is 11.5 Å². The number of halogens is 1. The maximum absolute atomic E-state index is 5.85. The Morgan fingerprint density at radius 1 is 1.04 bits per heavy atom. The quantitative estimate of drug-likeness (QED) is 0.297. The molecule has 0 saturated carbocycles. The number of nitrogens with zero attached hydrogens (tertiary/aromatic N) is 1. The number of anilines is 1. The number of hydrogen-bond acceptors (Lipinski definition) is 3. The highest BCUT2D eigenvalue weighted by Crippen LogP contribution is 2.17. The summed E-state index contributed by atoms with van der Waals surface area (Å²) in [6.45, 7) is 3.25. The highest BCUT2D eigenvalue weighted by atomic mass is 127. The van der Waals surface area contributed by atoms with Crippen LogP contribution in [-0.2, 0) is 0 Å². The van der Waals surface area contributed by atoms with E-state index in [2.05, 4.69) is 10.3 Å². The molecule has 0 heterocycles. The van der Waals surface area contributed by atoms with Crippen LogP contribution < -0.4 is 20.5 Å². The first-order valence-corrected chi connectivity index (χ1v) is 7.58. The summed E-state index contributed by atoms with van der Waals surface area (Å²) < 4.78 is 10.7. The van der Waals surface area contributed by atoms with Gasteiger partial charge in [-0.3, -0.25) is 4.99 Å². The van der Waals surface area contributed by atoms with E-state index in [4.69, 9.17) is 15.2 Å². The van der Waals surface area contributed by atoms with Gasteiger partial charge in [-0.1, -0.05) is 17.7 Å². The summed E-state index contributed by atoms with van der Waals surface area (Å²) in [6, 6.07) is 15.5. The summed E-state index contributed by atoms with van der Waals surface area (Å²) >= 11 is 0. The van der Waals surface area contributed by atoms with Crippen molar-refractivity contribution >= 4 is 35.6 Å². The molecule has 0 spiro atoms. The van der Waals surface area contributed by atoms with Crippen LogP contribution in [0.3, 0.4) is 0 Å². The van der Waals surface area contributed by atoms with Crippen molar-refractivity contribution in [1.82, 2.24) is 0 Å². The van der Waals surface area contributed by atoms with E-state index >= 15 is 0 Å². The van der Waals surface area contributed by atoms with Gasteiger partial charge in [0.1, 0.15) is 11.5 Å². The summed E-state index contributed by atoms with van der Waals surface area (Å²) in [5.74, 6) is 2.05. The minimum Gasteiger partial charge on any atom is -0.497 e. The number of rotatable bonds is 7. The molecule has 0 aliphatic carbocycles. The fourth-order valence-corrected chi connectivity index (χ4v) is 1.95. The molecule has 2 aromatic rings. The number of hydrogen-bond donors (Lipinski definition) is 2. The van der Waals surface area contributed by atoms with Crippen LogP contribution in [0, 0.1) is 6.92 Å². The molecule has 0 saturated heterocycles. The molecular formula is C18H24IN3O2. The van der Waals surface area contributed by atoms with Crippen LogP contribution >= 0.6 is 24.0 Å². The molecule has 5 nitrogen and oxygen atoms in total. The lowest BCUT2D eigenvalue weighted by molar-refractivity contribution is 0.313. The second-order valence-corrected chi connectivity index (χ2v) is 5.14. The molecular weight excluding hydrogens is 417 g/mol. The van der Waals surface area contributed by atoms with Crippen LogP contribution in [0.2, 0.25) is 0 Å². The van der Waals surface area contributed by atoms with Crippen molar-refractivity contribution in [2.45, 2.75) is 13.3 Å². The lowest BCUT2D eigenvalue weighted by Crippen LogP contribution is -2.23. The van der Waals surface area contributed by atoms with Gasteiger partial charge in [0.05, 0.1) is 13.7 Å². The van der Waals surface area contributed by atoms with Crippen molar-refractivity contribution in [2.75, 3.05) is 25.6 Å². The Hall–Kier alpha value is -1.96. The SMILES string of the molecule is COc1ccc(OCCCN=C(N)Nc2ccc(C)cc2)cc1.I. The van der Waals surface area contributed by atoms with Crippen molar-refractivity contribution < 1.29 is 9.47 Å². The number of ether oxygens (including phenoxy) is 2. The van der Waals surface area contributed by atoms with E-state index in [9.17, 15) is 0 Å². The molecule has 0 radical (unpaired) electrons. The first-order valence-electron chi connectivity index (χ1n) is 7.58. The molecule has 0 aromatic heterocycles. The first kappa shape index (κ1) is 20.1. The third-order valence-electron chi connectivity index (χ3n) is 3.24. The lowest BCUT2D eigenvalue weighted by Gasteiger charge is -2.07. The first-order chi connectivity index (χ1) is 11.2. The summed E-state index contributed by atoms with van der Waals surface area (Å²) in [5.41, 5.74) is 8.00. The maximum atomic E-state index is 5.85. The van der Waals surface area contributed by atoms with E-state index in [1.165, 1.54) is 5.56 Å². The number of nitrogens with two attached hydrogens (primary N) is 1. The molecule has 6 heteroatoms. The van der Waals surface area contributed by atoms with Gasteiger partial charge in [0.2, 0.25) is 0 Å². The summed E-state index contributed by atoms with van der Waals surface area (Å²) in [5, 5.41) is 3.06. The van der Waals surface area contributed by atoms with Crippen molar-refractivity contribution in [3.8, 4) is 11.5 Å². The number of benzene rings is 2. The number of nitrogens with one attached hydrogen (secondary N) is 1. The molecule has 0 bridgehead atoms. The molecule has 24 heavy (non-hydrogen) atoms. The minimum absolute atomic E-state index is 0. The third kappa shape index (κ3) is 7.08. The van der Waals surface area contributed by atoms with E-state index in [0.29, 0.717) is 19.1 Å². The minimum atomic E-state index is 0. The number of aryl methyl sites for hydroxylation is 1. The molecule has 0 amide bonds. The van der Waals surface area contributed by atoms with Crippen LogP contribution in [-0.4, -0.2) is 26.2 Å². The standard InChI is InChI=1S/C18H23N3O2.HI/c1-14-4-6-15(7-5-14)21-18(19)20-12-3-13-23-17-10-8-16(22-2)9-11-17;/h4-11H,3,12-13H2,1-2H3,(H3,19,20,21);1H. The molecule has 0 unspecified atom stereocenters. The smallest absolute Gasteiger partial charge is 0.193 e. The zero-order chi connectivity index (χ0) is 16.5. The average Bonchev–Trinajstić information content (AvgIpc) is 2.57. The van der Waals surface area contributed by atoms with Gasteiger partial charge in [0.15, 0.2) is 5.96 Å². The molecule has 0 aliphatic rings. The zero-order valence-corrected chi connectivity index (χ0v) is 16.3. The number of guanidine groups is 1. The highest BCUT2D eigenvalue weighted by Gasteiger charge is 1.97. The molecule has 3 N–H and O–H groups in total. The van der Waals surface area contributed by atoms with Crippen molar-refractivity contribution in [3.63, 3.8) is 0 Å². The topological polar surface area (TPSA) is 68.9 Å². The fourth-order valence-electron chi connectivity index (χ4n) is 1.95. The molecule has 2 rings (SSSR count). The number of aliphatic imine (C=N–C) groups is 1. The average molecular weight is 441 g/mol. The Morgan fingerprint density at radius 3 is 2.29 bits per heavy atom. The highest BCUT2D eigenvalue weighted by molar-refractivity contribution is 14.0. The largest absolute Gasteiger partial charge is 0.497 e. The van der Waals surface area contributed by atoms with Gasteiger partial charge in [-0.15, -0.1) is 24.0 Å². The summed E-state index contributed by atoms with van der Waals surface area (Å²) in [4.78, 5) is 4.28. The van der Waals surface area contributed by atoms with Gasteiger partial charge >= 0.3 is 0 Å². The van der Waals surface area contributed by atoms with E-state index in [1.54, 1.807) is 7.11 Å². The van der Waals surface area contributed by atoms with Crippen LogP contribution in [0.25, 0.3) is 0 Å². The van der Waals surface area contributed by atoms with E-state index in [-0.39, 0.29) is 24.0 Å². The van der Waals surface area contributed by atoms with E-state index in [0.717, 1.165) is 23.6 Å². The second-order valence-electron chi connectivity index (χ2n) is 5.14. The molecule has 0 aliphatic heterocycles. The zero-order valence-electron chi connectivity index (χ0n) is 14.0. The van der Waals surface area contributed by atoms with Crippen LogP contribution in [0.1, 0.15) is 12.0 Å². The molecule has 2 aromatic carbocycles. The predicted octanol–water partition coefficient (Wildman–Crippen LogP) is 3.82. The Balaban J connectivity index is 0.00000288. The Morgan fingerprint density at radius 2 is 1.67 bits per heavy atom. The van der Waals surface area contributed by atoms with Crippen molar-refractivity contribution in [1.29, 1.82) is 0 Å². The normalized spacial score (nSPS) is 10.7. The Bertz CT molecular complexity index is 628. The van der Waals surface area contributed by atoms with Gasteiger partial charge in [-0.25, -0.2) is 0 Å². The van der Waals surface area contributed by atoms with Crippen molar-refractivity contribution in [3.05, 3.63) is 54.1 Å². The predicted molar refractivity (Wildman–Crippen MR) is 110 cm³/mol. The lowest BCUT2D eigenvalue weighted by atomic mass is 10.2. The molecule has 130 valence electrons. The second kappa shape index (κ2) is 10.7. The summed E-state index contributed by atoms with van der Waals surface area (Å²) in [6.07, 6.45) is 0.794. The van der Waals surface area contributed by atoms with Gasteiger partial charge in [-0.2, -0.15) is 0 Å². The Kier molecular flexibility index (Phi) is 8.99. The molecule has 0 fully saturated rings. The summed E-state index contributed by atoms with van der Waals surface area (Å²) in [7, 11) is 1.64.